The zero-order valence-electron chi connectivity index (χ0n) is 13.5. The van der Waals surface area contributed by atoms with Crippen LogP contribution in [0.4, 0.5) is 0 Å². The van der Waals surface area contributed by atoms with E-state index >= 15 is 0 Å². The van der Waals surface area contributed by atoms with Crippen LogP contribution in [0.25, 0.3) is 0 Å². The van der Waals surface area contributed by atoms with Gasteiger partial charge in [0, 0.05) is 41.8 Å². The van der Waals surface area contributed by atoms with E-state index in [0.717, 1.165) is 13.0 Å². The molecule has 0 radical (unpaired) electrons. The Bertz CT molecular complexity index is 670. The van der Waals surface area contributed by atoms with E-state index in [2.05, 4.69) is 4.98 Å². The third-order valence-electron chi connectivity index (χ3n) is 3.42. The zero-order valence-corrected chi connectivity index (χ0v) is 15.0. The van der Waals surface area contributed by atoms with Gasteiger partial charge in [-0.3, -0.25) is 9.36 Å². The summed E-state index contributed by atoms with van der Waals surface area (Å²) in [4.78, 5) is 18.7. The van der Waals surface area contributed by atoms with Crippen LogP contribution < -0.4 is 0 Å². The highest BCUT2D eigenvalue weighted by Crippen LogP contribution is 2.17. The van der Waals surface area contributed by atoms with Gasteiger partial charge in [0.15, 0.2) is 0 Å². The number of nitrogens with zero attached hydrogens (tertiary/aromatic N) is 3. The average Bonchev–Trinajstić information content (AvgIpc) is 2.88. The molecule has 2 aromatic rings. The number of carbonyl (C=O) groups excluding carboxylic acids is 1. The molecule has 0 bridgehead atoms. The quantitative estimate of drug-likeness (QED) is 0.566. The van der Waals surface area contributed by atoms with Crippen LogP contribution in [0, 0.1) is 0 Å². The SMILES string of the molecule is CN(C)CCC[S+]([O-])c1ncc(C(=O)c2ccc(Cl)cc2)n1C. The molecule has 1 unspecified atom stereocenters. The normalized spacial score (nSPS) is 12.6. The molecule has 0 spiro atoms. The molecule has 0 aliphatic heterocycles. The first-order valence-corrected chi connectivity index (χ1v) is 8.95. The first-order chi connectivity index (χ1) is 10.9. The lowest BCUT2D eigenvalue weighted by Gasteiger charge is -2.12. The fraction of sp³-hybridized carbons (Fsp3) is 0.375. The molecule has 1 atom stereocenters. The van der Waals surface area contributed by atoms with E-state index in [0.29, 0.717) is 27.2 Å². The van der Waals surface area contributed by atoms with Gasteiger partial charge in [-0.05, 0) is 38.4 Å². The second-order valence-electron chi connectivity index (χ2n) is 5.53. The number of ketones is 1. The molecule has 0 amide bonds. The van der Waals surface area contributed by atoms with Gasteiger partial charge in [0.2, 0.25) is 5.78 Å². The third kappa shape index (κ3) is 4.57. The number of benzene rings is 1. The Balaban J connectivity index is 2.12. The Hall–Kier alpha value is -1.34. The Morgan fingerprint density at radius 1 is 1.35 bits per heavy atom. The minimum atomic E-state index is -1.22. The maximum atomic E-state index is 12.5. The summed E-state index contributed by atoms with van der Waals surface area (Å²) < 4.78 is 14.0. The first-order valence-electron chi connectivity index (χ1n) is 7.25. The van der Waals surface area contributed by atoms with Crippen molar-refractivity contribution in [1.29, 1.82) is 0 Å². The molecule has 2 rings (SSSR count). The molecule has 124 valence electrons. The Labute approximate surface area is 144 Å². The Morgan fingerprint density at radius 3 is 2.61 bits per heavy atom. The number of rotatable bonds is 7. The number of carbonyl (C=O) groups is 1. The number of imidazole rings is 1. The molecule has 1 heterocycles. The smallest absolute Gasteiger partial charge is 0.323 e. The maximum absolute atomic E-state index is 12.5. The molecule has 0 fully saturated rings. The molecular formula is C16H20ClN3O2S. The van der Waals surface area contributed by atoms with Crippen molar-refractivity contribution in [2.45, 2.75) is 11.6 Å². The highest BCUT2D eigenvalue weighted by Gasteiger charge is 2.23. The molecule has 0 aliphatic rings. The summed E-state index contributed by atoms with van der Waals surface area (Å²) in [6, 6.07) is 6.69. The molecule has 0 saturated heterocycles. The van der Waals surface area contributed by atoms with E-state index < -0.39 is 11.2 Å². The zero-order chi connectivity index (χ0) is 17.0. The Morgan fingerprint density at radius 2 is 2.00 bits per heavy atom. The highest BCUT2D eigenvalue weighted by atomic mass is 35.5. The average molecular weight is 354 g/mol. The van der Waals surface area contributed by atoms with Gasteiger partial charge in [-0.15, -0.1) is 0 Å². The van der Waals surface area contributed by atoms with Crippen LogP contribution in [0.3, 0.4) is 0 Å². The second kappa shape index (κ2) is 7.97. The molecule has 23 heavy (non-hydrogen) atoms. The van der Waals surface area contributed by atoms with Crippen LogP contribution in [0.5, 0.6) is 0 Å². The van der Waals surface area contributed by atoms with Gasteiger partial charge in [-0.1, -0.05) is 11.6 Å². The van der Waals surface area contributed by atoms with Gasteiger partial charge in [-0.25, -0.2) is 0 Å². The first kappa shape index (κ1) is 18.0. The number of halogens is 1. The molecule has 1 aromatic heterocycles. The summed E-state index contributed by atoms with van der Waals surface area (Å²) in [6.45, 7) is 0.868. The van der Waals surface area contributed by atoms with Crippen molar-refractivity contribution in [2.75, 3.05) is 26.4 Å². The fourth-order valence-corrected chi connectivity index (χ4v) is 3.44. The summed E-state index contributed by atoms with van der Waals surface area (Å²) in [7, 11) is 5.68. The van der Waals surface area contributed by atoms with E-state index in [4.69, 9.17) is 11.6 Å². The third-order valence-corrected chi connectivity index (χ3v) is 5.12. The van der Waals surface area contributed by atoms with Crippen LogP contribution in [-0.4, -0.2) is 51.2 Å². The highest BCUT2D eigenvalue weighted by molar-refractivity contribution is 7.91. The fourth-order valence-electron chi connectivity index (χ4n) is 2.17. The Kier molecular flexibility index (Phi) is 6.24. The predicted octanol–water partition coefficient (Wildman–Crippen LogP) is 2.36. The lowest BCUT2D eigenvalue weighted by atomic mass is 10.1. The number of hydrogen-bond acceptors (Lipinski definition) is 4. The topological polar surface area (TPSA) is 61.2 Å². The van der Waals surface area contributed by atoms with Crippen molar-refractivity contribution in [2.24, 2.45) is 7.05 Å². The minimum Gasteiger partial charge on any atom is -0.609 e. The van der Waals surface area contributed by atoms with Gasteiger partial charge in [0.1, 0.15) is 11.4 Å². The molecule has 1 aromatic carbocycles. The number of hydrogen-bond donors (Lipinski definition) is 0. The molecule has 0 saturated carbocycles. The lowest BCUT2D eigenvalue weighted by Crippen LogP contribution is -2.19. The lowest BCUT2D eigenvalue weighted by molar-refractivity contribution is 0.103. The standard InChI is InChI=1S/C16H20ClN3O2S/c1-19(2)9-4-10-23(22)16-18-11-14(20(16)3)15(21)12-5-7-13(17)8-6-12/h5-8,11H,4,9-10H2,1-3H3. The van der Waals surface area contributed by atoms with E-state index in [1.165, 1.54) is 6.20 Å². The van der Waals surface area contributed by atoms with Crippen LogP contribution in [0.1, 0.15) is 22.5 Å². The largest absolute Gasteiger partial charge is 0.609 e. The van der Waals surface area contributed by atoms with E-state index in [9.17, 15) is 9.35 Å². The van der Waals surface area contributed by atoms with Gasteiger partial charge in [0.25, 0.3) is 0 Å². The van der Waals surface area contributed by atoms with Crippen LogP contribution >= 0.6 is 11.6 Å². The molecule has 7 heteroatoms. The van der Waals surface area contributed by atoms with Crippen molar-refractivity contribution < 1.29 is 9.35 Å². The van der Waals surface area contributed by atoms with Crippen molar-refractivity contribution in [3.05, 3.63) is 46.7 Å². The van der Waals surface area contributed by atoms with E-state index in [1.54, 1.807) is 35.9 Å². The van der Waals surface area contributed by atoms with Crippen molar-refractivity contribution >= 4 is 28.6 Å². The molecule has 5 nitrogen and oxygen atoms in total. The van der Waals surface area contributed by atoms with Crippen LogP contribution in [-0.2, 0) is 18.2 Å². The molecular weight excluding hydrogens is 334 g/mol. The summed E-state index contributed by atoms with van der Waals surface area (Å²) in [6.07, 6.45) is 2.29. The van der Waals surface area contributed by atoms with Gasteiger partial charge in [-0.2, -0.15) is 4.98 Å². The van der Waals surface area contributed by atoms with Crippen molar-refractivity contribution in [1.82, 2.24) is 14.5 Å². The summed E-state index contributed by atoms with van der Waals surface area (Å²) >= 11 is 4.62. The van der Waals surface area contributed by atoms with Crippen molar-refractivity contribution in [3.63, 3.8) is 0 Å². The van der Waals surface area contributed by atoms with Gasteiger partial charge in [0.05, 0.1) is 6.20 Å². The van der Waals surface area contributed by atoms with Crippen LogP contribution in [0.15, 0.2) is 35.6 Å². The monoisotopic (exact) mass is 353 g/mol. The van der Waals surface area contributed by atoms with Gasteiger partial charge >= 0.3 is 5.16 Å². The molecule has 0 aliphatic carbocycles. The summed E-state index contributed by atoms with van der Waals surface area (Å²) in [5.41, 5.74) is 0.950. The minimum absolute atomic E-state index is 0.159. The predicted molar refractivity (Wildman–Crippen MR) is 92.5 cm³/mol. The van der Waals surface area contributed by atoms with Crippen LogP contribution in [0.2, 0.25) is 5.02 Å². The summed E-state index contributed by atoms with van der Waals surface area (Å²) in [5, 5.41) is 1.01. The van der Waals surface area contributed by atoms with Crippen molar-refractivity contribution in [3.8, 4) is 0 Å². The van der Waals surface area contributed by atoms with E-state index in [1.807, 2.05) is 19.0 Å². The van der Waals surface area contributed by atoms with E-state index in [-0.39, 0.29) is 5.78 Å². The second-order valence-corrected chi connectivity index (χ2v) is 7.43. The van der Waals surface area contributed by atoms with Gasteiger partial charge < -0.3 is 9.45 Å². The summed E-state index contributed by atoms with van der Waals surface area (Å²) in [5.74, 6) is 0.366. The maximum Gasteiger partial charge on any atom is 0.323 e. The number of aromatic nitrogens is 2. The molecule has 0 N–H and O–H groups in total.